The Labute approximate surface area is 112 Å². The number of aryl methyl sites for hydroxylation is 1. The molecule has 0 spiro atoms. The van der Waals surface area contributed by atoms with E-state index >= 15 is 0 Å². The summed E-state index contributed by atoms with van der Waals surface area (Å²) >= 11 is 0. The highest BCUT2D eigenvalue weighted by molar-refractivity contribution is 7.89. The predicted molar refractivity (Wildman–Crippen MR) is 70.2 cm³/mol. The number of carbonyl (C=O) groups is 1. The van der Waals surface area contributed by atoms with E-state index in [4.69, 9.17) is 5.11 Å². The number of carboxylic acids is 1. The zero-order chi connectivity index (χ0) is 14.2. The van der Waals surface area contributed by atoms with Crippen molar-refractivity contribution in [3.8, 4) is 0 Å². The van der Waals surface area contributed by atoms with Crippen LogP contribution in [-0.4, -0.2) is 36.9 Å². The number of sulfonamides is 1. The molecule has 0 saturated carbocycles. The van der Waals surface area contributed by atoms with Crippen LogP contribution in [0.3, 0.4) is 0 Å². The number of carboxylic acid groups (broad SMARTS) is 1. The quantitative estimate of drug-likeness (QED) is 0.904. The maximum Gasteiger partial charge on any atom is 0.306 e. The molecule has 1 aliphatic rings. The fraction of sp³-hybridized carbons (Fsp3) is 0.462. The lowest BCUT2D eigenvalue weighted by atomic mass is 9.89. The fourth-order valence-corrected chi connectivity index (χ4v) is 3.77. The van der Waals surface area contributed by atoms with Gasteiger partial charge in [-0.1, -0.05) is 19.1 Å². The lowest BCUT2D eigenvalue weighted by Gasteiger charge is -2.40. The smallest absolute Gasteiger partial charge is 0.306 e. The molecule has 1 saturated heterocycles. The van der Waals surface area contributed by atoms with E-state index in [1.807, 2.05) is 13.0 Å². The molecule has 1 N–H and O–H groups in total. The zero-order valence-electron chi connectivity index (χ0n) is 10.9. The van der Waals surface area contributed by atoms with Gasteiger partial charge in [0.1, 0.15) is 0 Å². The van der Waals surface area contributed by atoms with Crippen LogP contribution in [0.25, 0.3) is 0 Å². The number of aliphatic carboxylic acids is 1. The van der Waals surface area contributed by atoms with E-state index in [9.17, 15) is 13.2 Å². The average molecular weight is 283 g/mol. The average Bonchev–Trinajstić information content (AvgIpc) is 2.26. The molecule has 0 aromatic heterocycles. The lowest BCUT2D eigenvalue weighted by molar-refractivity contribution is -0.144. The van der Waals surface area contributed by atoms with Gasteiger partial charge in [-0.2, -0.15) is 4.31 Å². The third kappa shape index (κ3) is 2.64. The molecule has 1 heterocycles. The van der Waals surface area contributed by atoms with Gasteiger partial charge < -0.3 is 5.11 Å². The lowest BCUT2D eigenvalue weighted by Crippen LogP contribution is -2.53. The molecular weight excluding hydrogens is 266 g/mol. The van der Waals surface area contributed by atoms with Crippen molar-refractivity contribution in [1.29, 1.82) is 0 Å². The minimum atomic E-state index is -3.48. The SMILES string of the molecule is Cc1cccc(S(=O)(=O)N2CC(C(C)C(=O)O)C2)c1. The van der Waals surface area contributed by atoms with Gasteiger partial charge in [0.05, 0.1) is 10.8 Å². The number of hydrogen-bond acceptors (Lipinski definition) is 3. The molecule has 0 aliphatic carbocycles. The summed E-state index contributed by atoms with van der Waals surface area (Å²) in [6.45, 7) is 4.02. The fourth-order valence-electron chi connectivity index (χ4n) is 2.11. The van der Waals surface area contributed by atoms with Crippen molar-refractivity contribution in [1.82, 2.24) is 4.31 Å². The van der Waals surface area contributed by atoms with E-state index in [0.717, 1.165) is 5.56 Å². The number of nitrogens with zero attached hydrogens (tertiary/aromatic N) is 1. The van der Waals surface area contributed by atoms with E-state index in [0.29, 0.717) is 0 Å². The molecule has 0 radical (unpaired) electrons. The highest BCUT2D eigenvalue weighted by Gasteiger charge is 2.41. The molecule has 5 nitrogen and oxygen atoms in total. The largest absolute Gasteiger partial charge is 0.481 e. The second-order valence-electron chi connectivity index (χ2n) is 5.03. The zero-order valence-corrected chi connectivity index (χ0v) is 11.7. The van der Waals surface area contributed by atoms with Crippen LogP contribution in [-0.2, 0) is 14.8 Å². The van der Waals surface area contributed by atoms with Gasteiger partial charge in [0, 0.05) is 13.1 Å². The van der Waals surface area contributed by atoms with Gasteiger partial charge in [-0.15, -0.1) is 0 Å². The first-order valence-corrected chi connectivity index (χ1v) is 7.56. The molecule has 2 rings (SSSR count). The Kier molecular flexibility index (Phi) is 3.64. The molecule has 0 bridgehead atoms. The summed E-state index contributed by atoms with van der Waals surface area (Å²) in [5.41, 5.74) is 0.886. The minimum absolute atomic E-state index is 0.0999. The van der Waals surface area contributed by atoms with Gasteiger partial charge in [-0.05, 0) is 30.5 Å². The second-order valence-corrected chi connectivity index (χ2v) is 6.96. The summed E-state index contributed by atoms with van der Waals surface area (Å²) in [6.07, 6.45) is 0. The molecule has 1 aromatic rings. The molecule has 1 aromatic carbocycles. The van der Waals surface area contributed by atoms with Crippen LogP contribution in [0.15, 0.2) is 29.2 Å². The number of hydrogen-bond donors (Lipinski definition) is 1. The van der Waals surface area contributed by atoms with Crippen LogP contribution < -0.4 is 0 Å². The normalized spacial score (nSPS) is 18.8. The molecule has 1 aliphatic heterocycles. The van der Waals surface area contributed by atoms with Gasteiger partial charge in [0.2, 0.25) is 10.0 Å². The highest BCUT2D eigenvalue weighted by Crippen LogP contribution is 2.29. The van der Waals surface area contributed by atoms with Crippen molar-refractivity contribution in [3.05, 3.63) is 29.8 Å². The van der Waals surface area contributed by atoms with Crippen molar-refractivity contribution in [2.45, 2.75) is 18.7 Å². The molecular formula is C13H17NO4S. The van der Waals surface area contributed by atoms with Crippen molar-refractivity contribution < 1.29 is 18.3 Å². The van der Waals surface area contributed by atoms with Gasteiger partial charge in [-0.3, -0.25) is 4.79 Å². The van der Waals surface area contributed by atoms with Crippen LogP contribution >= 0.6 is 0 Å². The number of rotatable bonds is 4. The second kappa shape index (κ2) is 4.94. The maximum absolute atomic E-state index is 12.3. The Balaban J connectivity index is 2.11. The maximum atomic E-state index is 12.3. The highest BCUT2D eigenvalue weighted by atomic mass is 32.2. The van der Waals surface area contributed by atoms with E-state index in [1.165, 1.54) is 4.31 Å². The summed E-state index contributed by atoms with van der Waals surface area (Å²) in [7, 11) is -3.48. The predicted octanol–water partition coefficient (Wildman–Crippen LogP) is 1.34. The van der Waals surface area contributed by atoms with Crippen LogP contribution in [0.1, 0.15) is 12.5 Å². The number of benzene rings is 1. The molecule has 1 fully saturated rings. The first-order valence-electron chi connectivity index (χ1n) is 6.12. The van der Waals surface area contributed by atoms with Gasteiger partial charge in [-0.25, -0.2) is 8.42 Å². The van der Waals surface area contributed by atoms with Crippen LogP contribution in [0.4, 0.5) is 0 Å². The summed E-state index contributed by atoms with van der Waals surface area (Å²) in [4.78, 5) is 11.1. The van der Waals surface area contributed by atoms with E-state index in [2.05, 4.69) is 0 Å². The van der Waals surface area contributed by atoms with Gasteiger partial charge in [0.15, 0.2) is 0 Å². The van der Waals surface area contributed by atoms with E-state index < -0.39 is 21.9 Å². The molecule has 1 atom stereocenters. The monoisotopic (exact) mass is 283 g/mol. The van der Waals surface area contributed by atoms with Gasteiger partial charge >= 0.3 is 5.97 Å². The van der Waals surface area contributed by atoms with E-state index in [-0.39, 0.29) is 23.9 Å². The summed E-state index contributed by atoms with van der Waals surface area (Å²) in [6, 6.07) is 6.74. The van der Waals surface area contributed by atoms with Crippen LogP contribution in [0.2, 0.25) is 0 Å². The molecule has 6 heteroatoms. The third-order valence-corrected chi connectivity index (χ3v) is 5.43. The summed E-state index contributed by atoms with van der Waals surface area (Å²) in [5.74, 6) is -1.49. The Morgan fingerprint density at radius 3 is 2.58 bits per heavy atom. The van der Waals surface area contributed by atoms with Gasteiger partial charge in [0.25, 0.3) is 0 Å². The Bertz CT molecular complexity index is 590. The Hall–Kier alpha value is -1.40. The first-order chi connectivity index (χ1) is 8.82. The Morgan fingerprint density at radius 1 is 1.42 bits per heavy atom. The molecule has 19 heavy (non-hydrogen) atoms. The topological polar surface area (TPSA) is 74.7 Å². The molecule has 1 unspecified atom stereocenters. The molecule has 104 valence electrons. The minimum Gasteiger partial charge on any atom is -0.481 e. The molecule has 0 amide bonds. The van der Waals surface area contributed by atoms with Crippen molar-refractivity contribution >= 4 is 16.0 Å². The van der Waals surface area contributed by atoms with E-state index in [1.54, 1.807) is 25.1 Å². The summed E-state index contributed by atoms with van der Waals surface area (Å²) < 4.78 is 25.9. The van der Waals surface area contributed by atoms with Crippen LogP contribution in [0.5, 0.6) is 0 Å². The van der Waals surface area contributed by atoms with Crippen molar-refractivity contribution in [3.63, 3.8) is 0 Å². The van der Waals surface area contributed by atoms with Crippen molar-refractivity contribution in [2.75, 3.05) is 13.1 Å². The van der Waals surface area contributed by atoms with Crippen molar-refractivity contribution in [2.24, 2.45) is 11.8 Å². The summed E-state index contributed by atoms with van der Waals surface area (Å²) in [5, 5.41) is 8.89. The standard InChI is InChI=1S/C13H17NO4S/c1-9-4-3-5-12(6-9)19(17,18)14-7-11(8-14)10(2)13(15)16/h3-6,10-11H,7-8H2,1-2H3,(H,15,16). The van der Waals surface area contributed by atoms with Crippen LogP contribution in [0, 0.1) is 18.8 Å². The third-order valence-electron chi connectivity index (χ3n) is 3.60. The Morgan fingerprint density at radius 2 is 2.05 bits per heavy atom. The first kappa shape index (κ1) is 14.0.